The van der Waals surface area contributed by atoms with Gasteiger partial charge in [0.2, 0.25) is 0 Å². The van der Waals surface area contributed by atoms with Crippen molar-refractivity contribution in [2.75, 3.05) is 18.4 Å². The van der Waals surface area contributed by atoms with Crippen molar-refractivity contribution < 1.29 is 9.53 Å². The Labute approximate surface area is 136 Å². The molecule has 23 heavy (non-hydrogen) atoms. The van der Waals surface area contributed by atoms with Crippen LogP contribution in [0, 0.1) is 0 Å². The highest BCUT2D eigenvalue weighted by Gasteiger charge is 2.20. The van der Waals surface area contributed by atoms with Crippen molar-refractivity contribution >= 4 is 22.7 Å². The maximum Gasteiger partial charge on any atom is 0.435 e. The van der Waals surface area contributed by atoms with Gasteiger partial charge in [-0.3, -0.25) is 0 Å². The van der Waals surface area contributed by atoms with Gasteiger partial charge in [-0.15, -0.1) is 0 Å². The highest BCUT2D eigenvalue weighted by atomic mass is 16.6. The van der Waals surface area contributed by atoms with Gasteiger partial charge in [0.05, 0.1) is 11.7 Å². The fourth-order valence-corrected chi connectivity index (χ4v) is 2.78. The molecule has 2 heterocycles. The van der Waals surface area contributed by atoms with Crippen LogP contribution in [0.25, 0.3) is 10.9 Å². The summed E-state index contributed by atoms with van der Waals surface area (Å²) in [4.78, 5) is 12.2. The van der Waals surface area contributed by atoms with Crippen molar-refractivity contribution in [3.8, 4) is 0 Å². The van der Waals surface area contributed by atoms with E-state index in [1.165, 1.54) is 17.5 Å². The second kappa shape index (κ2) is 6.20. The summed E-state index contributed by atoms with van der Waals surface area (Å²) in [6, 6.07) is 6.37. The highest BCUT2D eigenvalue weighted by Crippen LogP contribution is 2.21. The lowest BCUT2D eigenvalue weighted by atomic mass is 10.1. The number of piperidine rings is 1. The van der Waals surface area contributed by atoms with Gasteiger partial charge in [-0.2, -0.15) is 9.78 Å². The van der Waals surface area contributed by atoms with E-state index >= 15 is 0 Å². The number of anilines is 1. The number of hydrogen-bond acceptors (Lipinski definition) is 5. The van der Waals surface area contributed by atoms with Gasteiger partial charge in [0.1, 0.15) is 5.60 Å². The standard InChI is InChI=1S/C17H24N4O2/c1-17(2,3)23-16(22)21-15-7-6-13(9-12(15)10-19-21)20-14-5-4-8-18-11-14/h6-7,9-10,14,18,20H,4-5,8,11H2,1-3H3. The predicted molar refractivity (Wildman–Crippen MR) is 90.9 cm³/mol. The summed E-state index contributed by atoms with van der Waals surface area (Å²) >= 11 is 0. The molecule has 1 atom stereocenters. The number of nitrogens with zero attached hydrogens (tertiary/aromatic N) is 2. The van der Waals surface area contributed by atoms with Crippen molar-refractivity contribution in [1.82, 2.24) is 15.1 Å². The molecule has 1 unspecified atom stereocenters. The van der Waals surface area contributed by atoms with Gasteiger partial charge in [-0.25, -0.2) is 4.79 Å². The Morgan fingerprint density at radius 2 is 2.26 bits per heavy atom. The molecule has 1 aliphatic heterocycles. The Morgan fingerprint density at radius 3 is 2.96 bits per heavy atom. The van der Waals surface area contributed by atoms with Crippen LogP contribution < -0.4 is 10.6 Å². The molecule has 0 aliphatic carbocycles. The third-order valence-corrected chi connectivity index (χ3v) is 3.80. The van der Waals surface area contributed by atoms with Gasteiger partial charge in [-0.05, 0) is 58.4 Å². The number of carbonyl (C=O) groups excluding carboxylic acids is 1. The van der Waals surface area contributed by atoms with Gasteiger partial charge in [-0.1, -0.05) is 0 Å². The van der Waals surface area contributed by atoms with Crippen molar-refractivity contribution in [1.29, 1.82) is 0 Å². The highest BCUT2D eigenvalue weighted by molar-refractivity contribution is 5.89. The maximum absolute atomic E-state index is 12.2. The zero-order chi connectivity index (χ0) is 16.4. The lowest BCUT2D eigenvalue weighted by molar-refractivity contribution is 0.0523. The van der Waals surface area contributed by atoms with E-state index in [1.54, 1.807) is 6.20 Å². The van der Waals surface area contributed by atoms with Gasteiger partial charge >= 0.3 is 6.09 Å². The molecule has 0 radical (unpaired) electrons. The smallest absolute Gasteiger partial charge is 0.435 e. The predicted octanol–water partition coefficient (Wildman–Crippen LogP) is 2.98. The first-order valence-electron chi connectivity index (χ1n) is 8.11. The third kappa shape index (κ3) is 3.82. The van der Waals surface area contributed by atoms with Crippen molar-refractivity contribution in [2.24, 2.45) is 0 Å². The quantitative estimate of drug-likeness (QED) is 0.891. The molecule has 2 aromatic rings. The van der Waals surface area contributed by atoms with E-state index in [4.69, 9.17) is 4.74 Å². The molecule has 1 aromatic carbocycles. The average molecular weight is 316 g/mol. The fraction of sp³-hybridized carbons (Fsp3) is 0.529. The van der Waals surface area contributed by atoms with E-state index < -0.39 is 11.7 Å². The normalized spacial score (nSPS) is 18.8. The maximum atomic E-state index is 12.2. The first-order valence-corrected chi connectivity index (χ1v) is 8.11. The Kier molecular flexibility index (Phi) is 4.26. The summed E-state index contributed by atoms with van der Waals surface area (Å²) in [5.41, 5.74) is 1.27. The van der Waals surface area contributed by atoms with Gasteiger partial charge in [0.25, 0.3) is 0 Å². The molecule has 124 valence electrons. The van der Waals surface area contributed by atoms with Crippen LogP contribution >= 0.6 is 0 Å². The van der Waals surface area contributed by atoms with Gasteiger partial charge in [0.15, 0.2) is 0 Å². The van der Waals surface area contributed by atoms with Crippen LogP contribution in [-0.2, 0) is 4.74 Å². The second-order valence-corrected chi connectivity index (χ2v) is 7.00. The molecule has 6 heteroatoms. The van der Waals surface area contributed by atoms with E-state index in [9.17, 15) is 4.79 Å². The second-order valence-electron chi connectivity index (χ2n) is 7.00. The first kappa shape index (κ1) is 15.8. The third-order valence-electron chi connectivity index (χ3n) is 3.80. The number of aromatic nitrogens is 2. The Balaban J connectivity index is 1.78. The monoisotopic (exact) mass is 316 g/mol. The topological polar surface area (TPSA) is 68.2 Å². The molecular weight excluding hydrogens is 292 g/mol. The lowest BCUT2D eigenvalue weighted by Crippen LogP contribution is -2.38. The first-order chi connectivity index (χ1) is 10.9. The van der Waals surface area contributed by atoms with Crippen molar-refractivity contribution in [3.63, 3.8) is 0 Å². The zero-order valence-corrected chi connectivity index (χ0v) is 13.9. The Bertz CT molecular complexity index is 696. The van der Waals surface area contributed by atoms with Crippen LogP contribution in [0.2, 0.25) is 0 Å². The van der Waals surface area contributed by atoms with E-state index in [1.807, 2.05) is 39.0 Å². The number of hydrogen-bond donors (Lipinski definition) is 2. The molecule has 1 aromatic heterocycles. The number of nitrogens with one attached hydrogen (secondary N) is 2. The van der Waals surface area contributed by atoms with Crippen LogP contribution in [0.3, 0.4) is 0 Å². The average Bonchev–Trinajstić information content (AvgIpc) is 2.90. The Hall–Kier alpha value is -2.08. The number of carbonyl (C=O) groups is 1. The zero-order valence-electron chi connectivity index (χ0n) is 13.9. The van der Waals surface area contributed by atoms with Crippen molar-refractivity contribution in [2.45, 2.75) is 45.3 Å². The van der Waals surface area contributed by atoms with Crippen LogP contribution in [-0.4, -0.2) is 40.6 Å². The molecule has 1 saturated heterocycles. The molecule has 1 fully saturated rings. The van der Waals surface area contributed by atoms with Gasteiger partial charge in [0, 0.05) is 23.7 Å². The van der Waals surface area contributed by atoms with Gasteiger partial charge < -0.3 is 15.4 Å². The summed E-state index contributed by atoms with van der Waals surface area (Å²) in [7, 11) is 0. The van der Waals surface area contributed by atoms with E-state index in [-0.39, 0.29) is 0 Å². The van der Waals surface area contributed by atoms with E-state index in [0.29, 0.717) is 6.04 Å². The Morgan fingerprint density at radius 1 is 1.43 bits per heavy atom. The summed E-state index contributed by atoms with van der Waals surface area (Å²) in [5.74, 6) is 0. The number of ether oxygens (including phenoxy) is 1. The molecule has 1 aliphatic rings. The molecule has 3 rings (SSSR count). The van der Waals surface area contributed by atoms with Crippen molar-refractivity contribution in [3.05, 3.63) is 24.4 Å². The van der Waals surface area contributed by atoms with Crippen LogP contribution in [0.4, 0.5) is 10.5 Å². The largest absolute Gasteiger partial charge is 0.442 e. The summed E-state index contributed by atoms with van der Waals surface area (Å²) < 4.78 is 6.69. The summed E-state index contributed by atoms with van der Waals surface area (Å²) in [6.07, 6.45) is 3.60. The summed E-state index contributed by atoms with van der Waals surface area (Å²) in [6.45, 7) is 7.61. The number of fused-ring (bicyclic) bond motifs is 1. The molecular formula is C17H24N4O2. The van der Waals surface area contributed by atoms with Crippen LogP contribution in [0.5, 0.6) is 0 Å². The fourth-order valence-electron chi connectivity index (χ4n) is 2.78. The van der Waals surface area contributed by atoms with E-state index in [2.05, 4.69) is 15.7 Å². The summed E-state index contributed by atoms with van der Waals surface area (Å²) in [5, 5.41) is 12.0. The molecule has 0 saturated carbocycles. The van der Waals surface area contributed by atoms with Crippen LogP contribution in [0.15, 0.2) is 24.4 Å². The van der Waals surface area contributed by atoms with E-state index in [0.717, 1.165) is 29.7 Å². The minimum atomic E-state index is -0.537. The molecule has 0 bridgehead atoms. The number of rotatable bonds is 2. The SMILES string of the molecule is CC(C)(C)OC(=O)n1ncc2cc(NC3CCCNC3)ccc21. The molecule has 0 amide bonds. The minimum Gasteiger partial charge on any atom is -0.442 e. The molecule has 6 nitrogen and oxygen atoms in total. The molecule has 0 spiro atoms. The lowest BCUT2D eigenvalue weighted by Gasteiger charge is -2.24. The number of benzene rings is 1. The molecule has 2 N–H and O–H groups in total. The van der Waals surface area contributed by atoms with Crippen LogP contribution in [0.1, 0.15) is 33.6 Å². The minimum absolute atomic E-state index is 0.446.